The highest BCUT2D eigenvalue weighted by molar-refractivity contribution is 5.85. The second-order valence-electron chi connectivity index (χ2n) is 3.77. The van der Waals surface area contributed by atoms with E-state index < -0.39 is 5.82 Å². The fourth-order valence-electron chi connectivity index (χ4n) is 1.59. The average Bonchev–Trinajstić information content (AvgIpc) is 2.18. The summed E-state index contributed by atoms with van der Waals surface area (Å²) in [4.78, 5) is 0. The largest absolute Gasteiger partial charge is 0.497 e. The molecule has 0 saturated heterocycles. The zero-order chi connectivity index (χ0) is 10.8. The van der Waals surface area contributed by atoms with Crippen LogP contribution in [0.2, 0.25) is 0 Å². The number of methoxy groups -OCH3 is 1. The highest BCUT2D eigenvalue weighted by atomic mass is 35.5. The summed E-state index contributed by atoms with van der Waals surface area (Å²) in [6.45, 7) is 0. The van der Waals surface area contributed by atoms with E-state index in [9.17, 15) is 4.39 Å². The number of benzene rings is 1. The minimum Gasteiger partial charge on any atom is -0.497 e. The smallest absolute Gasteiger partial charge is 0.168 e. The molecule has 1 aliphatic carbocycles. The number of nitrogens with two attached hydrogens (primary N) is 1. The Morgan fingerprint density at radius 1 is 1.38 bits per heavy atom. The Labute approximate surface area is 100 Å². The van der Waals surface area contributed by atoms with Crippen LogP contribution in [-0.4, -0.2) is 19.3 Å². The van der Waals surface area contributed by atoms with Crippen molar-refractivity contribution in [3.8, 4) is 11.5 Å². The topological polar surface area (TPSA) is 44.5 Å². The van der Waals surface area contributed by atoms with Crippen LogP contribution in [0.5, 0.6) is 11.5 Å². The van der Waals surface area contributed by atoms with E-state index in [1.807, 2.05) is 0 Å². The average molecular weight is 248 g/mol. The Kier molecular flexibility index (Phi) is 4.38. The lowest BCUT2D eigenvalue weighted by molar-refractivity contribution is 0.0961. The lowest BCUT2D eigenvalue weighted by Crippen LogP contribution is -2.43. The second kappa shape index (κ2) is 5.37. The molecule has 5 heteroatoms. The Bertz CT molecular complexity index is 356. The first-order valence-corrected chi connectivity index (χ1v) is 4.95. The first-order valence-electron chi connectivity index (χ1n) is 4.95. The monoisotopic (exact) mass is 247 g/mol. The van der Waals surface area contributed by atoms with Gasteiger partial charge in [0.05, 0.1) is 7.11 Å². The second-order valence-corrected chi connectivity index (χ2v) is 3.77. The van der Waals surface area contributed by atoms with Gasteiger partial charge in [0.1, 0.15) is 11.9 Å². The summed E-state index contributed by atoms with van der Waals surface area (Å²) in [5.74, 6) is 0.368. The van der Waals surface area contributed by atoms with Crippen molar-refractivity contribution < 1.29 is 13.9 Å². The molecule has 0 heterocycles. The van der Waals surface area contributed by atoms with Crippen molar-refractivity contribution in [1.29, 1.82) is 0 Å². The molecule has 0 aliphatic heterocycles. The van der Waals surface area contributed by atoms with E-state index in [4.69, 9.17) is 15.2 Å². The zero-order valence-electron chi connectivity index (χ0n) is 8.98. The standard InChI is InChI=1S/C11H14FNO2.ClH/c1-14-8-2-3-11(10(12)6-8)15-9-4-7(13)5-9;/h2-3,6-7,9H,4-5,13H2,1H3;1H. The SMILES string of the molecule is COc1ccc(OC2CC(N)C2)c(F)c1.Cl. The third kappa shape index (κ3) is 2.77. The molecule has 1 aromatic rings. The summed E-state index contributed by atoms with van der Waals surface area (Å²) in [6.07, 6.45) is 1.65. The van der Waals surface area contributed by atoms with Gasteiger partial charge in [-0.15, -0.1) is 12.4 Å². The molecule has 2 N–H and O–H groups in total. The third-order valence-electron chi connectivity index (χ3n) is 2.56. The summed E-state index contributed by atoms with van der Waals surface area (Å²) < 4.78 is 23.8. The summed E-state index contributed by atoms with van der Waals surface area (Å²) in [6, 6.07) is 4.78. The number of ether oxygens (including phenoxy) is 2. The molecular weight excluding hydrogens is 233 g/mol. The van der Waals surface area contributed by atoms with Gasteiger partial charge < -0.3 is 15.2 Å². The van der Waals surface area contributed by atoms with Gasteiger partial charge in [-0.05, 0) is 25.0 Å². The molecular formula is C11H15ClFNO2. The van der Waals surface area contributed by atoms with Crippen molar-refractivity contribution in [2.45, 2.75) is 25.0 Å². The predicted molar refractivity (Wildman–Crippen MR) is 61.8 cm³/mol. The fraction of sp³-hybridized carbons (Fsp3) is 0.455. The van der Waals surface area contributed by atoms with Crippen molar-refractivity contribution in [2.75, 3.05) is 7.11 Å². The molecule has 90 valence electrons. The molecule has 3 nitrogen and oxygen atoms in total. The van der Waals surface area contributed by atoms with Crippen LogP contribution in [0.25, 0.3) is 0 Å². The van der Waals surface area contributed by atoms with E-state index in [1.54, 1.807) is 12.1 Å². The normalized spacial score (nSPS) is 22.9. The Hall–Kier alpha value is -1.00. The molecule has 1 aromatic carbocycles. The Morgan fingerprint density at radius 3 is 2.56 bits per heavy atom. The minimum absolute atomic E-state index is 0. The van der Waals surface area contributed by atoms with Crippen molar-refractivity contribution >= 4 is 12.4 Å². The molecule has 0 bridgehead atoms. The number of hydrogen-bond donors (Lipinski definition) is 1. The maximum Gasteiger partial charge on any atom is 0.168 e. The van der Waals surface area contributed by atoms with Gasteiger partial charge in [-0.3, -0.25) is 0 Å². The van der Waals surface area contributed by atoms with E-state index >= 15 is 0 Å². The first kappa shape index (κ1) is 13.1. The zero-order valence-corrected chi connectivity index (χ0v) is 9.80. The Morgan fingerprint density at radius 2 is 2.06 bits per heavy atom. The van der Waals surface area contributed by atoms with Gasteiger partial charge in [0.2, 0.25) is 0 Å². The van der Waals surface area contributed by atoms with E-state index in [0.717, 1.165) is 12.8 Å². The van der Waals surface area contributed by atoms with Crippen LogP contribution in [0, 0.1) is 5.82 Å². The van der Waals surface area contributed by atoms with Gasteiger partial charge in [-0.2, -0.15) is 0 Å². The van der Waals surface area contributed by atoms with E-state index in [2.05, 4.69) is 0 Å². The summed E-state index contributed by atoms with van der Waals surface area (Å²) >= 11 is 0. The van der Waals surface area contributed by atoms with Gasteiger partial charge in [-0.1, -0.05) is 0 Å². The van der Waals surface area contributed by atoms with Crippen LogP contribution in [0.1, 0.15) is 12.8 Å². The van der Waals surface area contributed by atoms with Crippen LogP contribution in [0.3, 0.4) is 0 Å². The first-order chi connectivity index (χ1) is 7.19. The maximum absolute atomic E-state index is 13.4. The van der Waals surface area contributed by atoms with E-state index in [0.29, 0.717) is 5.75 Å². The molecule has 16 heavy (non-hydrogen) atoms. The molecule has 0 atom stereocenters. The van der Waals surface area contributed by atoms with Crippen LogP contribution in [0.15, 0.2) is 18.2 Å². The number of hydrogen-bond acceptors (Lipinski definition) is 3. The summed E-state index contributed by atoms with van der Waals surface area (Å²) in [5.41, 5.74) is 5.61. The third-order valence-corrected chi connectivity index (χ3v) is 2.56. The van der Waals surface area contributed by atoms with Gasteiger partial charge in [0.15, 0.2) is 11.6 Å². The predicted octanol–water partition coefficient (Wildman–Crippen LogP) is 2.12. The molecule has 1 saturated carbocycles. The summed E-state index contributed by atoms with van der Waals surface area (Å²) in [7, 11) is 1.50. The lowest BCUT2D eigenvalue weighted by Gasteiger charge is -2.32. The van der Waals surface area contributed by atoms with Gasteiger partial charge in [0, 0.05) is 12.1 Å². The molecule has 0 spiro atoms. The van der Waals surface area contributed by atoms with Crippen molar-refractivity contribution in [2.24, 2.45) is 5.73 Å². The molecule has 0 unspecified atom stereocenters. The number of halogens is 2. The molecule has 0 radical (unpaired) electrons. The van der Waals surface area contributed by atoms with E-state index in [1.165, 1.54) is 13.2 Å². The lowest BCUT2D eigenvalue weighted by atomic mass is 9.90. The highest BCUT2D eigenvalue weighted by Crippen LogP contribution is 2.28. The highest BCUT2D eigenvalue weighted by Gasteiger charge is 2.28. The molecule has 2 rings (SSSR count). The van der Waals surface area contributed by atoms with E-state index in [-0.39, 0.29) is 30.3 Å². The van der Waals surface area contributed by atoms with Crippen LogP contribution in [0.4, 0.5) is 4.39 Å². The quantitative estimate of drug-likeness (QED) is 0.890. The fourth-order valence-corrected chi connectivity index (χ4v) is 1.59. The maximum atomic E-state index is 13.4. The van der Waals surface area contributed by atoms with Crippen molar-refractivity contribution in [3.63, 3.8) is 0 Å². The number of rotatable bonds is 3. The van der Waals surface area contributed by atoms with Crippen LogP contribution >= 0.6 is 12.4 Å². The minimum atomic E-state index is -0.394. The molecule has 0 amide bonds. The van der Waals surface area contributed by atoms with Crippen molar-refractivity contribution in [1.82, 2.24) is 0 Å². The van der Waals surface area contributed by atoms with Gasteiger partial charge in [0.25, 0.3) is 0 Å². The van der Waals surface area contributed by atoms with Gasteiger partial charge in [-0.25, -0.2) is 4.39 Å². The molecule has 1 fully saturated rings. The summed E-state index contributed by atoms with van der Waals surface area (Å²) in [5, 5.41) is 0. The van der Waals surface area contributed by atoms with Crippen LogP contribution < -0.4 is 15.2 Å². The molecule has 1 aliphatic rings. The van der Waals surface area contributed by atoms with Crippen LogP contribution in [-0.2, 0) is 0 Å². The van der Waals surface area contributed by atoms with Gasteiger partial charge >= 0.3 is 0 Å². The van der Waals surface area contributed by atoms with Crippen molar-refractivity contribution in [3.05, 3.63) is 24.0 Å². The Balaban J connectivity index is 0.00000128. The molecule has 0 aromatic heterocycles.